The Morgan fingerprint density at radius 1 is 1.04 bits per heavy atom. The summed E-state index contributed by atoms with van der Waals surface area (Å²) in [5.41, 5.74) is 2.63. The van der Waals surface area contributed by atoms with Gasteiger partial charge in [0, 0.05) is 43.3 Å². The zero-order chi connectivity index (χ0) is 19.9. The van der Waals surface area contributed by atoms with Gasteiger partial charge in [0.05, 0.1) is 30.8 Å². The molecule has 0 bridgehead atoms. The average molecular weight is 404 g/mol. The van der Waals surface area contributed by atoms with Crippen LogP contribution in [0.4, 0.5) is 10.1 Å². The van der Waals surface area contributed by atoms with Gasteiger partial charge in [-0.3, -0.25) is 0 Å². The fourth-order valence-corrected chi connectivity index (χ4v) is 4.31. The minimum atomic E-state index is -3.15. The summed E-state index contributed by atoms with van der Waals surface area (Å²) >= 11 is 0. The van der Waals surface area contributed by atoms with Crippen LogP contribution in [0.3, 0.4) is 0 Å². The van der Waals surface area contributed by atoms with Crippen molar-refractivity contribution >= 4 is 26.6 Å². The number of rotatable bonds is 4. The molecule has 1 aromatic heterocycles. The van der Waals surface area contributed by atoms with Gasteiger partial charge >= 0.3 is 0 Å². The molecule has 2 heterocycles. The van der Waals surface area contributed by atoms with Gasteiger partial charge in [-0.15, -0.1) is 0 Å². The molecule has 1 aliphatic rings. The number of fused-ring (bicyclic) bond motifs is 1. The van der Waals surface area contributed by atoms with Crippen molar-refractivity contribution in [2.24, 2.45) is 0 Å². The summed E-state index contributed by atoms with van der Waals surface area (Å²) in [6.07, 6.45) is 3.01. The highest BCUT2D eigenvalue weighted by Crippen LogP contribution is 2.27. The Hall–Kier alpha value is -2.65. The first-order valence-electron chi connectivity index (χ1n) is 8.88. The lowest BCUT2D eigenvalue weighted by atomic mass is 10.2. The van der Waals surface area contributed by atoms with Crippen molar-refractivity contribution in [2.45, 2.75) is 0 Å². The summed E-state index contributed by atoms with van der Waals surface area (Å²) in [6.45, 7) is 2.24. The fourth-order valence-electron chi connectivity index (χ4n) is 3.48. The van der Waals surface area contributed by atoms with E-state index in [-0.39, 0.29) is 5.75 Å². The first kappa shape index (κ1) is 18.7. The molecule has 1 aliphatic heterocycles. The molecule has 2 aromatic carbocycles. The monoisotopic (exact) mass is 404 g/mol. The second kappa shape index (κ2) is 7.06. The summed E-state index contributed by atoms with van der Waals surface area (Å²) in [4.78, 5) is 2.17. The molecule has 4 rings (SSSR count). The quantitative estimate of drug-likeness (QED) is 0.667. The third kappa shape index (κ3) is 3.43. The highest BCUT2D eigenvalue weighted by atomic mass is 32.2. The summed E-state index contributed by atoms with van der Waals surface area (Å²) in [5.74, 6) is -0.250. The third-order valence-electron chi connectivity index (χ3n) is 5.00. The number of anilines is 1. The molecular formula is C19H21FN4O3S. The Morgan fingerprint density at radius 2 is 1.75 bits per heavy atom. The predicted octanol–water partition coefficient (Wildman–Crippen LogP) is 2.25. The van der Waals surface area contributed by atoms with Crippen LogP contribution < -0.4 is 9.64 Å². The Bertz CT molecular complexity index is 1120. The molecular weight excluding hydrogens is 383 g/mol. The molecule has 1 saturated heterocycles. The number of piperazine rings is 1. The molecule has 0 aliphatic carbocycles. The molecule has 28 heavy (non-hydrogen) atoms. The van der Waals surface area contributed by atoms with E-state index in [9.17, 15) is 12.8 Å². The molecule has 0 unspecified atom stereocenters. The molecule has 148 valence electrons. The summed E-state index contributed by atoms with van der Waals surface area (Å²) < 4.78 is 45.3. The first-order valence-corrected chi connectivity index (χ1v) is 10.7. The molecule has 7 nitrogen and oxygen atoms in total. The summed E-state index contributed by atoms with van der Waals surface area (Å²) in [5, 5.41) is 5.38. The van der Waals surface area contributed by atoms with Gasteiger partial charge in [-0.2, -0.15) is 9.40 Å². The van der Waals surface area contributed by atoms with Crippen molar-refractivity contribution in [3.63, 3.8) is 0 Å². The molecule has 1 fully saturated rings. The zero-order valence-corrected chi connectivity index (χ0v) is 16.5. The van der Waals surface area contributed by atoms with Crippen LogP contribution in [-0.4, -0.2) is 62.0 Å². The van der Waals surface area contributed by atoms with E-state index in [1.807, 2.05) is 18.2 Å². The van der Waals surface area contributed by atoms with Gasteiger partial charge in [-0.25, -0.2) is 17.5 Å². The van der Waals surface area contributed by atoms with E-state index in [4.69, 9.17) is 4.74 Å². The third-order valence-corrected chi connectivity index (χ3v) is 6.31. The first-order chi connectivity index (χ1) is 13.4. The Balaban J connectivity index is 1.60. The number of benzene rings is 2. The van der Waals surface area contributed by atoms with Gasteiger partial charge < -0.3 is 9.64 Å². The van der Waals surface area contributed by atoms with Crippen molar-refractivity contribution in [3.05, 3.63) is 48.4 Å². The van der Waals surface area contributed by atoms with Crippen molar-refractivity contribution in [1.29, 1.82) is 0 Å². The normalized spacial score (nSPS) is 15.9. The molecule has 0 saturated carbocycles. The van der Waals surface area contributed by atoms with E-state index in [0.29, 0.717) is 31.9 Å². The van der Waals surface area contributed by atoms with Crippen LogP contribution in [0.5, 0.6) is 5.75 Å². The fraction of sp³-hybridized carbons (Fsp3) is 0.316. The smallest absolute Gasteiger partial charge is 0.211 e. The van der Waals surface area contributed by atoms with Gasteiger partial charge in [0.25, 0.3) is 0 Å². The van der Waals surface area contributed by atoms with Crippen molar-refractivity contribution in [2.75, 3.05) is 44.4 Å². The molecule has 0 N–H and O–H groups in total. The summed E-state index contributed by atoms with van der Waals surface area (Å²) in [6, 6.07) is 10.6. The van der Waals surface area contributed by atoms with Crippen LogP contribution in [0, 0.1) is 5.82 Å². The number of hydrogen-bond acceptors (Lipinski definition) is 5. The van der Waals surface area contributed by atoms with Crippen molar-refractivity contribution in [1.82, 2.24) is 14.1 Å². The molecule has 9 heteroatoms. The van der Waals surface area contributed by atoms with Crippen molar-refractivity contribution in [3.8, 4) is 11.4 Å². The zero-order valence-electron chi connectivity index (χ0n) is 15.7. The number of ether oxygens (including phenoxy) is 1. The highest BCUT2D eigenvalue weighted by Gasteiger charge is 2.23. The molecule has 0 spiro atoms. The highest BCUT2D eigenvalue weighted by molar-refractivity contribution is 7.88. The van der Waals surface area contributed by atoms with Crippen LogP contribution in [0.25, 0.3) is 16.6 Å². The number of nitrogens with zero attached hydrogens (tertiary/aromatic N) is 4. The van der Waals surface area contributed by atoms with Gasteiger partial charge in [0.1, 0.15) is 0 Å². The van der Waals surface area contributed by atoms with Gasteiger partial charge in [0.2, 0.25) is 10.0 Å². The largest absolute Gasteiger partial charge is 0.494 e. The van der Waals surface area contributed by atoms with E-state index in [0.717, 1.165) is 16.6 Å². The van der Waals surface area contributed by atoms with Gasteiger partial charge in [0.15, 0.2) is 11.6 Å². The number of halogens is 1. The maximum atomic E-state index is 13.7. The van der Waals surface area contributed by atoms with E-state index < -0.39 is 15.8 Å². The number of hydrogen-bond donors (Lipinski definition) is 0. The Kier molecular flexibility index (Phi) is 4.72. The lowest BCUT2D eigenvalue weighted by molar-refractivity contribution is 0.386. The summed E-state index contributed by atoms with van der Waals surface area (Å²) in [7, 11) is -1.72. The molecule has 3 aromatic rings. The second-order valence-corrected chi connectivity index (χ2v) is 8.75. The number of methoxy groups -OCH3 is 1. The maximum Gasteiger partial charge on any atom is 0.211 e. The minimum Gasteiger partial charge on any atom is -0.494 e. The SMILES string of the molecule is COc1cc(-n2ncc3cc(N4CCN(S(C)(=O)=O)CC4)ccc32)ccc1F. The van der Waals surface area contributed by atoms with E-state index in [1.165, 1.54) is 23.7 Å². The van der Waals surface area contributed by atoms with E-state index >= 15 is 0 Å². The molecule has 0 atom stereocenters. The Labute approximate surface area is 163 Å². The minimum absolute atomic E-state index is 0.168. The molecule has 0 amide bonds. The van der Waals surface area contributed by atoms with Crippen LogP contribution in [0.1, 0.15) is 0 Å². The second-order valence-electron chi connectivity index (χ2n) is 6.77. The van der Waals surface area contributed by atoms with Crippen LogP contribution in [0.2, 0.25) is 0 Å². The van der Waals surface area contributed by atoms with Gasteiger partial charge in [-0.1, -0.05) is 0 Å². The van der Waals surface area contributed by atoms with Gasteiger partial charge in [-0.05, 0) is 30.3 Å². The lowest BCUT2D eigenvalue weighted by Crippen LogP contribution is -2.48. The lowest BCUT2D eigenvalue weighted by Gasteiger charge is -2.34. The molecule has 0 radical (unpaired) electrons. The van der Waals surface area contributed by atoms with E-state index in [1.54, 1.807) is 23.0 Å². The van der Waals surface area contributed by atoms with E-state index in [2.05, 4.69) is 10.00 Å². The van der Waals surface area contributed by atoms with Crippen LogP contribution >= 0.6 is 0 Å². The Morgan fingerprint density at radius 3 is 2.43 bits per heavy atom. The predicted molar refractivity (Wildman–Crippen MR) is 106 cm³/mol. The van der Waals surface area contributed by atoms with Crippen LogP contribution in [-0.2, 0) is 10.0 Å². The standard InChI is InChI=1S/C19H21FN4O3S/c1-27-19-12-16(3-5-17(19)20)24-18-6-4-15(11-14(18)13-21-24)22-7-9-23(10-8-22)28(2,25)26/h3-6,11-13H,7-10H2,1-2H3. The average Bonchev–Trinajstić information content (AvgIpc) is 3.11. The van der Waals surface area contributed by atoms with Crippen molar-refractivity contribution < 1.29 is 17.5 Å². The number of aromatic nitrogens is 2. The maximum absolute atomic E-state index is 13.7. The van der Waals surface area contributed by atoms with Crippen LogP contribution in [0.15, 0.2) is 42.6 Å². The number of sulfonamides is 1. The topological polar surface area (TPSA) is 67.7 Å².